The number of urea groups is 1. The lowest BCUT2D eigenvalue weighted by atomic mass is 9.71. The van der Waals surface area contributed by atoms with Crippen LogP contribution in [0.2, 0.25) is 5.02 Å². The quantitative estimate of drug-likeness (QED) is 0.608. The van der Waals surface area contributed by atoms with Gasteiger partial charge >= 0.3 is 12.0 Å². The van der Waals surface area contributed by atoms with Gasteiger partial charge in [0.05, 0.1) is 18.1 Å². The number of ether oxygens (including phenoxy) is 1. The van der Waals surface area contributed by atoms with E-state index in [2.05, 4.69) is 38.2 Å². The molecule has 0 spiro atoms. The van der Waals surface area contributed by atoms with Gasteiger partial charge in [-0.05, 0) is 60.3 Å². The number of carboxylic acid groups (broad SMARTS) is 1. The molecule has 170 valence electrons. The largest absolute Gasteiger partial charge is 0.481 e. The molecule has 6 nitrogen and oxygen atoms in total. The Morgan fingerprint density at radius 3 is 2.74 bits per heavy atom. The zero-order valence-corrected chi connectivity index (χ0v) is 19.6. The molecule has 2 amide bonds. The van der Waals surface area contributed by atoms with Crippen molar-refractivity contribution in [2.24, 2.45) is 5.41 Å². The maximum Gasteiger partial charge on any atom is 0.322 e. The van der Waals surface area contributed by atoms with E-state index in [-0.39, 0.29) is 30.5 Å². The van der Waals surface area contributed by atoms with Gasteiger partial charge < -0.3 is 20.1 Å². The Morgan fingerprint density at radius 2 is 2.13 bits per heavy atom. The minimum Gasteiger partial charge on any atom is -0.481 e. The minimum atomic E-state index is -0.931. The van der Waals surface area contributed by atoms with Gasteiger partial charge in [-0.25, -0.2) is 4.79 Å². The highest BCUT2D eigenvalue weighted by molar-refractivity contribution is 6.31. The van der Waals surface area contributed by atoms with Crippen LogP contribution in [-0.4, -0.2) is 41.8 Å². The molecule has 2 N–H and O–H groups in total. The number of aliphatic carboxylic acids is 1. The molecular formula is C24H33ClN2O4. The second-order valence-electron chi connectivity index (χ2n) is 9.79. The van der Waals surface area contributed by atoms with Gasteiger partial charge in [-0.1, -0.05) is 44.5 Å². The van der Waals surface area contributed by atoms with Crippen LogP contribution in [0.15, 0.2) is 30.0 Å². The van der Waals surface area contributed by atoms with Gasteiger partial charge in [-0.2, -0.15) is 0 Å². The molecule has 0 saturated heterocycles. The number of carboxylic acids is 1. The van der Waals surface area contributed by atoms with Gasteiger partial charge in [0, 0.05) is 24.9 Å². The van der Waals surface area contributed by atoms with Gasteiger partial charge in [0.25, 0.3) is 0 Å². The number of benzene rings is 1. The van der Waals surface area contributed by atoms with Crippen LogP contribution in [0.5, 0.6) is 0 Å². The number of fused-ring (bicyclic) bond motifs is 1. The summed E-state index contributed by atoms with van der Waals surface area (Å²) in [6, 6.07) is 5.83. The summed E-state index contributed by atoms with van der Waals surface area (Å²) in [5, 5.41) is 12.9. The zero-order valence-electron chi connectivity index (χ0n) is 18.8. The summed E-state index contributed by atoms with van der Waals surface area (Å²) in [5.41, 5.74) is 2.68. The summed E-state index contributed by atoms with van der Waals surface area (Å²) in [6.07, 6.45) is 5.90. The molecule has 1 aromatic carbocycles. The number of nitrogens with zero attached hydrogens (tertiary/aromatic N) is 1. The average molecular weight is 449 g/mol. The van der Waals surface area contributed by atoms with Gasteiger partial charge in [0.2, 0.25) is 0 Å². The molecule has 7 heteroatoms. The van der Waals surface area contributed by atoms with Crippen molar-refractivity contribution in [3.8, 4) is 0 Å². The Hall–Kier alpha value is -2.05. The van der Waals surface area contributed by atoms with E-state index in [0.717, 1.165) is 36.0 Å². The monoisotopic (exact) mass is 448 g/mol. The van der Waals surface area contributed by atoms with E-state index in [1.165, 1.54) is 4.90 Å². The number of rotatable bonds is 7. The van der Waals surface area contributed by atoms with E-state index in [4.69, 9.17) is 21.4 Å². The van der Waals surface area contributed by atoms with Crippen LogP contribution in [0.3, 0.4) is 0 Å². The third-order valence-electron chi connectivity index (χ3n) is 6.32. The van der Waals surface area contributed by atoms with Gasteiger partial charge in [-0.3, -0.25) is 4.79 Å². The minimum absolute atomic E-state index is 0.0669. The fourth-order valence-electron chi connectivity index (χ4n) is 4.38. The normalized spacial score (nSPS) is 23.8. The maximum atomic E-state index is 12.9. The smallest absolute Gasteiger partial charge is 0.322 e. The second-order valence-corrected chi connectivity index (χ2v) is 10.2. The standard InChI is InChI=1S/C24H33ClN2O4/c1-23(2,3)10-7-16-5-6-17(14-20(16)25)24-11-8-19(31-4)13-18(24)15-27(22(30)26-24)12-9-21(28)29/h5-6,14-15,19H,7-13H2,1-4H3,(H,26,30)(H,28,29)/t19-,24?/m0/s1. The molecule has 1 aliphatic carbocycles. The number of aryl methyl sites for hydroxylation is 1. The molecule has 1 aromatic rings. The number of amides is 2. The third kappa shape index (κ3) is 5.42. The Balaban J connectivity index is 1.93. The SMILES string of the molecule is CO[C@H]1CCC2(c3ccc(CCC(C)(C)C)c(Cl)c3)NC(=O)N(CCC(=O)O)C=C2C1. The van der Waals surface area contributed by atoms with Crippen molar-refractivity contribution in [1.82, 2.24) is 10.2 Å². The van der Waals surface area contributed by atoms with Crippen molar-refractivity contribution in [2.75, 3.05) is 13.7 Å². The van der Waals surface area contributed by atoms with Gasteiger partial charge in [0.15, 0.2) is 0 Å². The molecule has 2 aliphatic rings. The molecule has 0 bridgehead atoms. The van der Waals surface area contributed by atoms with Crippen molar-refractivity contribution in [2.45, 2.75) is 70.9 Å². The second kappa shape index (κ2) is 9.21. The van der Waals surface area contributed by atoms with Crippen molar-refractivity contribution in [3.05, 3.63) is 46.1 Å². The summed E-state index contributed by atoms with van der Waals surface area (Å²) in [6.45, 7) is 6.78. The topological polar surface area (TPSA) is 78.9 Å². The van der Waals surface area contributed by atoms with Crippen molar-refractivity contribution in [3.63, 3.8) is 0 Å². The first-order valence-electron chi connectivity index (χ1n) is 10.9. The molecule has 1 heterocycles. The molecular weight excluding hydrogens is 416 g/mol. The lowest BCUT2D eigenvalue weighted by Crippen LogP contribution is -2.57. The molecule has 1 saturated carbocycles. The highest BCUT2D eigenvalue weighted by Gasteiger charge is 2.46. The number of carbonyl (C=O) groups is 2. The molecule has 1 fully saturated rings. The first-order chi connectivity index (χ1) is 14.5. The lowest BCUT2D eigenvalue weighted by molar-refractivity contribution is -0.137. The summed E-state index contributed by atoms with van der Waals surface area (Å²) in [4.78, 5) is 25.3. The molecule has 1 aliphatic heterocycles. The first kappa shape index (κ1) is 23.6. The van der Waals surface area contributed by atoms with Crippen molar-refractivity contribution >= 4 is 23.6 Å². The fraction of sp³-hybridized carbons (Fsp3) is 0.583. The van der Waals surface area contributed by atoms with E-state index < -0.39 is 11.5 Å². The average Bonchev–Trinajstić information content (AvgIpc) is 2.70. The molecule has 2 atom stereocenters. The van der Waals surface area contributed by atoms with Crippen LogP contribution in [0.25, 0.3) is 0 Å². The van der Waals surface area contributed by atoms with Crippen LogP contribution in [0, 0.1) is 5.41 Å². The number of hydrogen-bond donors (Lipinski definition) is 2. The number of carbonyl (C=O) groups excluding carboxylic acids is 1. The summed E-state index contributed by atoms with van der Waals surface area (Å²) in [7, 11) is 1.70. The van der Waals surface area contributed by atoms with E-state index in [1.54, 1.807) is 7.11 Å². The van der Waals surface area contributed by atoms with Gasteiger partial charge in [-0.15, -0.1) is 0 Å². The van der Waals surface area contributed by atoms with Gasteiger partial charge in [0.1, 0.15) is 0 Å². The van der Waals surface area contributed by atoms with Crippen LogP contribution < -0.4 is 5.32 Å². The molecule has 0 aromatic heterocycles. The highest BCUT2D eigenvalue weighted by atomic mass is 35.5. The molecule has 0 radical (unpaired) electrons. The third-order valence-corrected chi connectivity index (χ3v) is 6.67. The lowest BCUT2D eigenvalue weighted by Gasteiger charge is -2.47. The summed E-state index contributed by atoms with van der Waals surface area (Å²) < 4.78 is 5.60. The predicted octanol–water partition coefficient (Wildman–Crippen LogP) is 5.10. The highest BCUT2D eigenvalue weighted by Crippen LogP contribution is 2.45. The predicted molar refractivity (Wildman–Crippen MR) is 121 cm³/mol. The Labute approximate surface area is 189 Å². The Kier molecular flexibility index (Phi) is 7.01. The number of halogens is 1. The van der Waals surface area contributed by atoms with Crippen LogP contribution in [-0.2, 0) is 21.5 Å². The number of methoxy groups -OCH3 is 1. The number of nitrogens with one attached hydrogen (secondary N) is 1. The molecule has 1 unspecified atom stereocenters. The van der Waals surface area contributed by atoms with E-state index in [1.807, 2.05) is 12.3 Å². The van der Waals surface area contributed by atoms with Crippen molar-refractivity contribution < 1.29 is 19.4 Å². The van der Waals surface area contributed by atoms with E-state index >= 15 is 0 Å². The van der Waals surface area contributed by atoms with E-state index in [0.29, 0.717) is 17.9 Å². The van der Waals surface area contributed by atoms with E-state index in [9.17, 15) is 9.59 Å². The molecule has 3 rings (SSSR count). The summed E-state index contributed by atoms with van der Waals surface area (Å²) in [5.74, 6) is -0.931. The fourth-order valence-corrected chi connectivity index (χ4v) is 4.65. The van der Waals surface area contributed by atoms with Crippen molar-refractivity contribution in [1.29, 1.82) is 0 Å². The first-order valence-corrected chi connectivity index (χ1v) is 11.3. The van der Waals surface area contributed by atoms with Crippen LogP contribution in [0.4, 0.5) is 4.79 Å². The Bertz CT molecular complexity index is 877. The zero-order chi connectivity index (χ0) is 22.8. The van der Waals surface area contributed by atoms with Crippen LogP contribution >= 0.6 is 11.6 Å². The molecule has 31 heavy (non-hydrogen) atoms. The Morgan fingerprint density at radius 1 is 1.39 bits per heavy atom. The number of hydrogen-bond acceptors (Lipinski definition) is 3. The maximum absolute atomic E-state index is 12.9. The summed E-state index contributed by atoms with van der Waals surface area (Å²) >= 11 is 6.68. The van der Waals surface area contributed by atoms with Crippen LogP contribution in [0.1, 0.15) is 64.0 Å².